The zero-order valence-corrected chi connectivity index (χ0v) is 14.6. The number of nitrogens with one attached hydrogen (secondary N) is 1. The Morgan fingerprint density at radius 2 is 2.22 bits per heavy atom. The Morgan fingerprint density at radius 3 is 2.93 bits per heavy atom. The normalized spacial score (nSPS) is 25.7. The van der Waals surface area contributed by atoms with E-state index in [2.05, 4.69) is 25.3 Å². The number of carbonyl (C=O) groups excluding carboxylic acids is 1. The molecule has 1 fully saturated rings. The molecule has 0 bridgehead atoms. The third-order valence-corrected chi connectivity index (χ3v) is 4.71. The standard InChI is InChI=1S/C17H17FN6O3/c1-17(8-5-11(8)27-16(19)24-17)14-9(18)3-4-12(22-14)23-15(25)10-6-21-13(26-2)7-20-10/h3-4,6-8,11H,5H2,1-2H3,(H2,19,24)(H,22,23,25)/t8-,11?,17-/m1/s1. The number of nitrogens with zero attached hydrogens (tertiary/aromatic N) is 4. The third kappa shape index (κ3) is 3.03. The third-order valence-electron chi connectivity index (χ3n) is 4.71. The predicted molar refractivity (Wildman–Crippen MR) is 92.7 cm³/mol. The van der Waals surface area contributed by atoms with Crippen LogP contribution in [-0.2, 0) is 10.3 Å². The number of ether oxygens (including phenoxy) is 2. The van der Waals surface area contributed by atoms with Gasteiger partial charge in [0.15, 0.2) is 0 Å². The number of fused-ring (bicyclic) bond motifs is 1. The van der Waals surface area contributed by atoms with Gasteiger partial charge in [-0.3, -0.25) is 4.79 Å². The molecule has 27 heavy (non-hydrogen) atoms. The zero-order valence-electron chi connectivity index (χ0n) is 14.6. The lowest BCUT2D eigenvalue weighted by Crippen LogP contribution is -2.36. The van der Waals surface area contributed by atoms with Crippen LogP contribution in [0.3, 0.4) is 0 Å². The Hall–Kier alpha value is -3.30. The second-order valence-electron chi connectivity index (χ2n) is 6.52. The predicted octanol–water partition coefficient (Wildman–Crippen LogP) is 1.22. The lowest BCUT2D eigenvalue weighted by molar-refractivity contribution is 0.102. The Labute approximate surface area is 153 Å². The first-order valence-corrected chi connectivity index (χ1v) is 8.27. The van der Waals surface area contributed by atoms with Crippen LogP contribution in [0.15, 0.2) is 29.5 Å². The van der Waals surface area contributed by atoms with Crippen LogP contribution in [0.1, 0.15) is 29.5 Å². The largest absolute Gasteiger partial charge is 0.480 e. The smallest absolute Gasteiger partial charge is 0.283 e. The van der Waals surface area contributed by atoms with Crippen molar-refractivity contribution in [3.8, 4) is 5.88 Å². The molecule has 1 aliphatic carbocycles. The number of carbonyl (C=O) groups is 1. The van der Waals surface area contributed by atoms with Gasteiger partial charge in [0.25, 0.3) is 11.9 Å². The lowest BCUT2D eigenvalue weighted by atomic mass is 9.90. The van der Waals surface area contributed by atoms with Gasteiger partial charge in [-0.25, -0.2) is 24.3 Å². The molecule has 0 radical (unpaired) electrons. The molecule has 1 saturated carbocycles. The van der Waals surface area contributed by atoms with E-state index in [1.807, 2.05) is 0 Å². The highest BCUT2D eigenvalue weighted by molar-refractivity contribution is 6.02. The van der Waals surface area contributed by atoms with Crippen LogP contribution in [0.25, 0.3) is 0 Å². The number of aromatic nitrogens is 3. The number of hydrogen-bond acceptors (Lipinski definition) is 8. The summed E-state index contributed by atoms with van der Waals surface area (Å²) in [5, 5.41) is 2.59. The number of amidine groups is 1. The zero-order chi connectivity index (χ0) is 19.2. The molecule has 2 aliphatic rings. The highest BCUT2D eigenvalue weighted by atomic mass is 19.1. The van der Waals surface area contributed by atoms with Crippen molar-refractivity contribution in [1.82, 2.24) is 15.0 Å². The van der Waals surface area contributed by atoms with E-state index in [1.165, 1.54) is 31.6 Å². The van der Waals surface area contributed by atoms with Gasteiger partial charge >= 0.3 is 0 Å². The fourth-order valence-electron chi connectivity index (χ4n) is 3.20. The van der Waals surface area contributed by atoms with Gasteiger partial charge in [-0.05, 0) is 25.5 Å². The van der Waals surface area contributed by atoms with Crippen molar-refractivity contribution in [2.45, 2.75) is 25.0 Å². The molecule has 10 heteroatoms. The van der Waals surface area contributed by atoms with E-state index in [-0.39, 0.29) is 41.1 Å². The van der Waals surface area contributed by atoms with Crippen LogP contribution in [-0.4, -0.2) is 40.1 Å². The minimum absolute atomic E-state index is 0.00907. The molecule has 140 valence electrons. The molecule has 3 N–H and O–H groups in total. The van der Waals surface area contributed by atoms with Gasteiger partial charge in [0.1, 0.15) is 34.7 Å². The summed E-state index contributed by atoms with van der Waals surface area (Å²) in [6, 6.07) is 2.62. The van der Waals surface area contributed by atoms with Crippen molar-refractivity contribution in [3.05, 3.63) is 41.7 Å². The van der Waals surface area contributed by atoms with Crippen LogP contribution >= 0.6 is 0 Å². The minimum Gasteiger partial charge on any atom is -0.480 e. The number of methoxy groups -OCH3 is 1. The fraction of sp³-hybridized carbons (Fsp3) is 0.353. The van der Waals surface area contributed by atoms with Crippen molar-refractivity contribution in [2.75, 3.05) is 12.4 Å². The fourth-order valence-corrected chi connectivity index (χ4v) is 3.20. The van der Waals surface area contributed by atoms with Crippen LogP contribution in [0.2, 0.25) is 0 Å². The second-order valence-corrected chi connectivity index (χ2v) is 6.52. The Morgan fingerprint density at radius 1 is 1.41 bits per heavy atom. The molecule has 1 aliphatic heterocycles. The molecule has 0 saturated heterocycles. The van der Waals surface area contributed by atoms with Gasteiger partial charge < -0.3 is 20.5 Å². The van der Waals surface area contributed by atoms with E-state index in [1.54, 1.807) is 6.92 Å². The second kappa shape index (κ2) is 6.15. The van der Waals surface area contributed by atoms with Crippen molar-refractivity contribution in [3.63, 3.8) is 0 Å². The average Bonchev–Trinajstić information content (AvgIpc) is 3.43. The van der Waals surface area contributed by atoms with Gasteiger partial charge in [0.2, 0.25) is 5.88 Å². The first-order valence-electron chi connectivity index (χ1n) is 8.27. The minimum atomic E-state index is -0.947. The summed E-state index contributed by atoms with van der Waals surface area (Å²) in [6.45, 7) is 1.76. The molecular weight excluding hydrogens is 355 g/mol. The number of rotatable bonds is 4. The molecule has 2 aromatic rings. The number of halogens is 1. The van der Waals surface area contributed by atoms with Crippen LogP contribution in [0.4, 0.5) is 10.2 Å². The maximum atomic E-state index is 14.5. The monoisotopic (exact) mass is 372 g/mol. The van der Waals surface area contributed by atoms with Crippen LogP contribution in [0.5, 0.6) is 5.88 Å². The molecule has 9 nitrogen and oxygen atoms in total. The van der Waals surface area contributed by atoms with E-state index in [0.717, 1.165) is 6.42 Å². The summed E-state index contributed by atoms with van der Waals surface area (Å²) in [6.07, 6.45) is 3.24. The van der Waals surface area contributed by atoms with E-state index in [9.17, 15) is 9.18 Å². The molecule has 0 aromatic carbocycles. The molecule has 3 atom stereocenters. The van der Waals surface area contributed by atoms with Crippen molar-refractivity contribution in [2.24, 2.45) is 16.6 Å². The molecule has 1 unspecified atom stereocenters. The SMILES string of the molecule is COc1cnc(C(=O)Nc2ccc(F)c([C@]3(C)N=C(N)OC4C[C@H]43)n2)cn1. The van der Waals surface area contributed by atoms with E-state index >= 15 is 0 Å². The Kier molecular flexibility index (Phi) is 3.90. The molecule has 1 amide bonds. The van der Waals surface area contributed by atoms with Crippen molar-refractivity contribution >= 4 is 17.7 Å². The summed E-state index contributed by atoms with van der Waals surface area (Å²) < 4.78 is 24.8. The van der Waals surface area contributed by atoms with Crippen molar-refractivity contribution in [1.29, 1.82) is 0 Å². The van der Waals surface area contributed by atoms with Crippen molar-refractivity contribution < 1.29 is 18.7 Å². The number of hydrogen-bond donors (Lipinski definition) is 2. The topological polar surface area (TPSA) is 125 Å². The van der Waals surface area contributed by atoms with Crippen LogP contribution in [0, 0.1) is 11.7 Å². The summed E-state index contributed by atoms with van der Waals surface area (Å²) in [5.74, 6) is -0.600. The van der Waals surface area contributed by atoms with Gasteiger partial charge in [0, 0.05) is 5.92 Å². The first kappa shape index (κ1) is 17.1. The van der Waals surface area contributed by atoms with Gasteiger partial charge in [-0.1, -0.05) is 0 Å². The first-order chi connectivity index (χ1) is 12.9. The molecular formula is C17H17FN6O3. The van der Waals surface area contributed by atoms with Gasteiger partial charge in [-0.2, -0.15) is 0 Å². The maximum absolute atomic E-state index is 14.5. The summed E-state index contributed by atoms with van der Waals surface area (Å²) >= 11 is 0. The van der Waals surface area contributed by atoms with E-state index in [4.69, 9.17) is 15.2 Å². The average molecular weight is 372 g/mol. The number of pyridine rings is 1. The summed E-state index contributed by atoms with van der Waals surface area (Å²) in [5.41, 5.74) is 4.95. The summed E-state index contributed by atoms with van der Waals surface area (Å²) in [4.78, 5) is 28.8. The summed E-state index contributed by atoms with van der Waals surface area (Å²) in [7, 11) is 1.45. The number of anilines is 1. The molecule has 2 aromatic heterocycles. The highest BCUT2D eigenvalue weighted by Gasteiger charge is 2.58. The van der Waals surface area contributed by atoms with Crippen LogP contribution < -0.4 is 15.8 Å². The highest BCUT2D eigenvalue weighted by Crippen LogP contribution is 2.52. The maximum Gasteiger partial charge on any atom is 0.283 e. The Bertz CT molecular complexity index is 935. The van der Waals surface area contributed by atoms with E-state index < -0.39 is 17.3 Å². The molecule has 0 spiro atoms. The lowest BCUT2D eigenvalue weighted by Gasteiger charge is -2.29. The van der Waals surface area contributed by atoms with E-state index in [0.29, 0.717) is 0 Å². The quantitative estimate of drug-likeness (QED) is 0.827. The van der Waals surface area contributed by atoms with Gasteiger partial charge in [0.05, 0.1) is 19.5 Å². The number of nitrogens with two attached hydrogens (primary N) is 1. The van der Waals surface area contributed by atoms with Gasteiger partial charge in [-0.15, -0.1) is 0 Å². The number of amides is 1. The number of aliphatic imine (C=N–C) groups is 1. The molecule has 4 rings (SSSR count). The molecule has 3 heterocycles. The Balaban J connectivity index is 1.61.